The van der Waals surface area contributed by atoms with Gasteiger partial charge in [-0.25, -0.2) is 0 Å². The Morgan fingerprint density at radius 1 is 1.50 bits per heavy atom. The summed E-state index contributed by atoms with van der Waals surface area (Å²) < 4.78 is 0. The number of allylic oxidation sites excluding steroid dienone is 1. The second kappa shape index (κ2) is 5.81. The van der Waals surface area contributed by atoms with E-state index in [2.05, 4.69) is 4.90 Å². The molecule has 0 bridgehead atoms. The van der Waals surface area contributed by atoms with Gasteiger partial charge >= 0.3 is 5.97 Å². The second-order valence-electron chi connectivity index (χ2n) is 3.77. The molecule has 0 saturated carbocycles. The van der Waals surface area contributed by atoms with Gasteiger partial charge in [0, 0.05) is 6.54 Å². The van der Waals surface area contributed by atoms with Gasteiger partial charge in [-0.3, -0.25) is 9.69 Å². The molecule has 80 valence electrons. The first-order valence-electron chi connectivity index (χ1n) is 5.33. The van der Waals surface area contributed by atoms with E-state index in [1.165, 1.54) is 0 Å². The van der Waals surface area contributed by atoms with Crippen LogP contribution in [0.25, 0.3) is 0 Å². The summed E-state index contributed by atoms with van der Waals surface area (Å²) in [5.74, 6) is -0.670. The topological polar surface area (TPSA) is 40.5 Å². The summed E-state index contributed by atoms with van der Waals surface area (Å²) in [6, 6.07) is -0.270. The monoisotopic (exact) mass is 197 g/mol. The maximum Gasteiger partial charge on any atom is 0.320 e. The van der Waals surface area contributed by atoms with Crippen LogP contribution in [0.1, 0.15) is 32.6 Å². The van der Waals surface area contributed by atoms with Crippen molar-refractivity contribution in [2.75, 3.05) is 13.1 Å². The summed E-state index contributed by atoms with van der Waals surface area (Å²) in [6.07, 6.45) is 8.14. The van der Waals surface area contributed by atoms with Crippen molar-refractivity contribution in [3.63, 3.8) is 0 Å². The van der Waals surface area contributed by atoms with Crippen LogP contribution in [0.4, 0.5) is 0 Å². The maximum absolute atomic E-state index is 11.0. The van der Waals surface area contributed by atoms with Crippen molar-refractivity contribution in [3.05, 3.63) is 12.2 Å². The second-order valence-corrected chi connectivity index (χ2v) is 3.77. The Labute approximate surface area is 85.4 Å². The average molecular weight is 197 g/mol. The third-order valence-corrected chi connectivity index (χ3v) is 2.72. The fraction of sp³-hybridized carbons (Fsp3) is 0.727. The fourth-order valence-corrected chi connectivity index (χ4v) is 1.91. The van der Waals surface area contributed by atoms with Crippen molar-refractivity contribution in [2.45, 2.75) is 38.6 Å². The molecule has 0 radical (unpaired) electrons. The summed E-state index contributed by atoms with van der Waals surface area (Å²) in [5.41, 5.74) is 0. The van der Waals surface area contributed by atoms with Gasteiger partial charge in [-0.15, -0.1) is 0 Å². The van der Waals surface area contributed by atoms with E-state index in [0.717, 1.165) is 38.8 Å². The molecule has 0 aromatic heterocycles. The number of carboxylic acid groups (broad SMARTS) is 1. The number of carbonyl (C=O) groups is 1. The molecule has 1 rings (SSSR count). The first-order chi connectivity index (χ1) is 6.75. The Morgan fingerprint density at radius 3 is 2.93 bits per heavy atom. The minimum Gasteiger partial charge on any atom is -0.480 e. The zero-order valence-corrected chi connectivity index (χ0v) is 8.78. The lowest BCUT2D eigenvalue weighted by atomic mass is 10.1. The lowest BCUT2D eigenvalue weighted by Gasteiger charge is -2.25. The molecule has 0 aromatic rings. The highest BCUT2D eigenvalue weighted by molar-refractivity contribution is 5.73. The van der Waals surface area contributed by atoms with Crippen LogP contribution in [0.2, 0.25) is 0 Å². The van der Waals surface area contributed by atoms with Crippen molar-refractivity contribution in [1.82, 2.24) is 4.90 Å². The number of hydrogen-bond donors (Lipinski definition) is 1. The Morgan fingerprint density at radius 2 is 2.29 bits per heavy atom. The highest BCUT2D eigenvalue weighted by Gasteiger charge is 2.25. The molecule has 14 heavy (non-hydrogen) atoms. The predicted octanol–water partition coefficient (Wildman–Crippen LogP) is 1.89. The van der Waals surface area contributed by atoms with Crippen molar-refractivity contribution < 1.29 is 9.90 Å². The molecule has 0 amide bonds. The molecule has 1 unspecified atom stereocenters. The van der Waals surface area contributed by atoms with Gasteiger partial charge in [0.05, 0.1) is 0 Å². The smallest absolute Gasteiger partial charge is 0.320 e. The van der Waals surface area contributed by atoms with Crippen LogP contribution in [-0.4, -0.2) is 35.1 Å². The van der Waals surface area contributed by atoms with Crippen LogP contribution in [0.15, 0.2) is 12.2 Å². The van der Waals surface area contributed by atoms with Crippen LogP contribution in [0.3, 0.4) is 0 Å². The molecular formula is C11H19NO2. The molecule has 3 heteroatoms. The van der Waals surface area contributed by atoms with Gasteiger partial charge in [0.2, 0.25) is 0 Å². The minimum atomic E-state index is -0.670. The van der Waals surface area contributed by atoms with Gasteiger partial charge in [0.15, 0.2) is 0 Å². The zero-order chi connectivity index (χ0) is 10.4. The number of rotatable bonds is 3. The van der Waals surface area contributed by atoms with E-state index < -0.39 is 5.97 Å². The van der Waals surface area contributed by atoms with Crippen LogP contribution >= 0.6 is 0 Å². The molecule has 0 aliphatic carbocycles. The molecule has 0 spiro atoms. The molecule has 1 aliphatic heterocycles. The number of likely N-dealkylation sites (tertiary alicyclic amines) is 1. The van der Waals surface area contributed by atoms with Crippen LogP contribution in [0, 0.1) is 0 Å². The van der Waals surface area contributed by atoms with E-state index >= 15 is 0 Å². The van der Waals surface area contributed by atoms with E-state index in [0.29, 0.717) is 0 Å². The predicted molar refractivity (Wildman–Crippen MR) is 56.3 cm³/mol. The average Bonchev–Trinajstić information content (AvgIpc) is 2.39. The van der Waals surface area contributed by atoms with Crippen LogP contribution in [-0.2, 0) is 4.79 Å². The normalized spacial score (nSPS) is 25.1. The zero-order valence-electron chi connectivity index (χ0n) is 8.78. The fourth-order valence-electron chi connectivity index (χ4n) is 1.91. The van der Waals surface area contributed by atoms with Gasteiger partial charge in [-0.2, -0.15) is 0 Å². The van der Waals surface area contributed by atoms with Gasteiger partial charge in [0.25, 0.3) is 0 Å². The molecule has 1 fully saturated rings. The van der Waals surface area contributed by atoms with E-state index in [-0.39, 0.29) is 6.04 Å². The molecular weight excluding hydrogens is 178 g/mol. The molecule has 1 heterocycles. The van der Waals surface area contributed by atoms with Gasteiger partial charge in [-0.05, 0) is 26.3 Å². The van der Waals surface area contributed by atoms with Crippen molar-refractivity contribution in [3.8, 4) is 0 Å². The Bertz CT molecular complexity index is 213. The summed E-state index contributed by atoms with van der Waals surface area (Å²) in [7, 11) is 0. The van der Waals surface area contributed by atoms with E-state index in [9.17, 15) is 4.79 Å². The highest BCUT2D eigenvalue weighted by Crippen LogP contribution is 2.16. The van der Waals surface area contributed by atoms with E-state index in [1.54, 1.807) is 0 Å². The number of hydrogen-bond acceptors (Lipinski definition) is 2. The largest absolute Gasteiger partial charge is 0.480 e. The molecule has 0 aromatic carbocycles. The van der Waals surface area contributed by atoms with Crippen molar-refractivity contribution in [1.29, 1.82) is 0 Å². The SMILES string of the molecule is CC=CCN1CCCCCC1C(=O)O. The summed E-state index contributed by atoms with van der Waals surface area (Å²) in [5, 5.41) is 9.07. The van der Waals surface area contributed by atoms with Gasteiger partial charge in [0.1, 0.15) is 6.04 Å². The molecule has 1 N–H and O–H groups in total. The Balaban J connectivity index is 2.58. The van der Waals surface area contributed by atoms with Gasteiger partial charge < -0.3 is 5.11 Å². The number of carboxylic acids is 1. The lowest BCUT2D eigenvalue weighted by molar-refractivity contribution is -0.143. The van der Waals surface area contributed by atoms with E-state index in [1.807, 2.05) is 19.1 Å². The Hall–Kier alpha value is -0.830. The third-order valence-electron chi connectivity index (χ3n) is 2.72. The summed E-state index contributed by atoms with van der Waals surface area (Å²) in [6.45, 7) is 3.66. The maximum atomic E-state index is 11.0. The minimum absolute atomic E-state index is 0.270. The quantitative estimate of drug-likeness (QED) is 0.702. The van der Waals surface area contributed by atoms with E-state index in [4.69, 9.17) is 5.11 Å². The summed E-state index contributed by atoms with van der Waals surface area (Å²) in [4.78, 5) is 13.1. The standard InChI is InChI=1S/C11H19NO2/c1-2-3-8-12-9-6-4-5-7-10(12)11(13)14/h2-3,10H,4-9H2,1H3,(H,13,14). The number of aliphatic carboxylic acids is 1. The first-order valence-corrected chi connectivity index (χ1v) is 5.33. The lowest BCUT2D eigenvalue weighted by Crippen LogP contribution is -2.40. The highest BCUT2D eigenvalue weighted by atomic mass is 16.4. The van der Waals surface area contributed by atoms with Crippen LogP contribution < -0.4 is 0 Å². The van der Waals surface area contributed by atoms with Gasteiger partial charge in [-0.1, -0.05) is 25.0 Å². The first kappa shape index (κ1) is 11.2. The Kier molecular flexibility index (Phi) is 4.66. The summed E-state index contributed by atoms with van der Waals surface area (Å²) >= 11 is 0. The van der Waals surface area contributed by atoms with Crippen molar-refractivity contribution >= 4 is 5.97 Å². The molecule has 3 nitrogen and oxygen atoms in total. The van der Waals surface area contributed by atoms with Crippen LogP contribution in [0.5, 0.6) is 0 Å². The molecule has 1 saturated heterocycles. The molecule has 1 aliphatic rings. The number of nitrogens with zero attached hydrogens (tertiary/aromatic N) is 1. The van der Waals surface area contributed by atoms with Crippen molar-refractivity contribution in [2.24, 2.45) is 0 Å². The molecule has 1 atom stereocenters. The third kappa shape index (κ3) is 3.14.